The summed E-state index contributed by atoms with van der Waals surface area (Å²) < 4.78 is 12.6. The van der Waals surface area contributed by atoms with Crippen molar-refractivity contribution in [2.45, 2.75) is 26.5 Å². The van der Waals surface area contributed by atoms with Crippen LogP contribution in [-0.2, 0) is 19.6 Å². The van der Waals surface area contributed by atoms with E-state index in [2.05, 4.69) is 65.2 Å². The molecule has 3 rings (SSSR count). The Morgan fingerprint density at radius 2 is 1.82 bits per heavy atom. The quantitative estimate of drug-likeness (QED) is 0.344. The highest BCUT2D eigenvalue weighted by molar-refractivity contribution is 14.1. The summed E-state index contributed by atoms with van der Waals surface area (Å²) in [5, 5.41) is 4.23. The maximum atomic E-state index is 6.06. The van der Waals surface area contributed by atoms with Crippen molar-refractivity contribution in [3.63, 3.8) is 0 Å². The molecule has 3 aromatic carbocycles. The van der Waals surface area contributed by atoms with Crippen molar-refractivity contribution in [2.24, 2.45) is 0 Å². The maximum absolute atomic E-state index is 6.06. The average molecular weight is 508 g/mol. The lowest BCUT2D eigenvalue weighted by Gasteiger charge is -2.16. The van der Waals surface area contributed by atoms with Gasteiger partial charge in [0, 0.05) is 17.3 Å². The number of hydrogen-bond donors (Lipinski definition) is 1. The predicted molar refractivity (Wildman–Crippen MR) is 125 cm³/mol. The zero-order chi connectivity index (χ0) is 19.9. The lowest BCUT2D eigenvalue weighted by molar-refractivity contribution is 0.282. The Labute approximate surface area is 185 Å². The van der Waals surface area contributed by atoms with E-state index in [1.54, 1.807) is 7.11 Å². The van der Waals surface area contributed by atoms with Gasteiger partial charge in [-0.2, -0.15) is 0 Å². The van der Waals surface area contributed by atoms with E-state index >= 15 is 0 Å². The number of methoxy groups -OCH3 is 1. The molecule has 0 radical (unpaired) electrons. The minimum Gasteiger partial charge on any atom is -0.493 e. The van der Waals surface area contributed by atoms with Crippen LogP contribution in [0.1, 0.15) is 23.6 Å². The van der Waals surface area contributed by atoms with E-state index in [4.69, 9.17) is 21.1 Å². The van der Waals surface area contributed by atoms with Crippen LogP contribution >= 0.6 is 34.2 Å². The van der Waals surface area contributed by atoms with Crippen LogP contribution in [0, 0.1) is 3.57 Å². The van der Waals surface area contributed by atoms with Gasteiger partial charge in [-0.15, -0.1) is 0 Å². The van der Waals surface area contributed by atoms with Gasteiger partial charge in [0.05, 0.1) is 10.7 Å². The summed E-state index contributed by atoms with van der Waals surface area (Å²) >= 11 is 8.35. The molecule has 5 heteroatoms. The van der Waals surface area contributed by atoms with E-state index in [1.165, 1.54) is 11.3 Å². The fraction of sp³-hybridized carbons (Fsp3) is 0.217. The highest BCUT2D eigenvalue weighted by Crippen LogP contribution is 2.35. The van der Waals surface area contributed by atoms with E-state index in [-0.39, 0.29) is 0 Å². The number of nitrogens with one attached hydrogen (secondary N) is 1. The molecule has 28 heavy (non-hydrogen) atoms. The number of halogens is 2. The van der Waals surface area contributed by atoms with Gasteiger partial charge >= 0.3 is 0 Å². The normalized spacial score (nSPS) is 10.6. The number of anilines is 1. The highest BCUT2D eigenvalue weighted by atomic mass is 127. The van der Waals surface area contributed by atoms with Gasteiger partial charge < -0.3 is 14.8 Å². The minimum atomic E-state index is 0.439. The van der Waals surface area contributed by atoms with Crippen LogP contribution < -0.4 is 14.8 Å². The summed E-state index contributed by atoms with van der Waals surface area (Å²) in [6.07, 6.45) is 1.00. The van der Waals surface area contributed by atoms with Gasteiger partial charge in [0.1, 0.15) is 6.61 Å². The number of hydrogen-bond acceptors (Lipinski definition) is 3. The number of benzene rings is 3. The molecule has 0 aromatic heterocycles. The van der Waals surface area contributed by atoms with E-state index < -0.39 is 0 Å². The van der Waals surface area contributed by atoms with Crippen molar-refractivity contribution in [3.05, 3.63) is 85.9 Å². The smallest absolute Gasteiger partial charge is 0.174 e. The Kier molecular flexibility index (Phi) is 7.45. The molecule has 0 amide bonds. The molecule has 0 aliphatic heterocycles. The van der Waals surface area contributed by atoms with E-state index in [1.807, 2.05) is 30.3 Å². The highest BCUT2D eigenvalue weighted by Gasteiger charge is 2.12. The van der Waals surface area contributed by atoms with Gasteiger partial charge in [-0.25, -0.2) is 0 Å². The predicted octanol–water partition coefficient (Wildman–Crippen LogP) is 6.71. The topological polar surface area (TPSA) is 30.5 Å². The van der Waals surface area contributed by atoms with Gasteiger partial charge in [-0.3, -0.25) is 0 Å². The molecule has 1 N–H and O–H groups in total. The molecule has 0 aliphatic carbocycles. The maximum Gasteiger partial charge on any atom is 0.174 e. The summed E-state index contributed by atoms with van der Waals surface area (Å²) in [6, 6.07) is 20.2. The van der Waals surface area contributed by atoms with Crippen molar-refractivity contribution in [3.8, 4) is 11.5 Å². The van der Waals surface area contributed by atoms with Gasteiger partial charge in [-0.05, 0) is 76.0 Å². The summed E-state index contributed by atoms with van der Waals surface area (Å²) in [4.78, 5) is 0. The van der Waals surface area contributed by atoms with Crippen molar-refractivity contribution >= 4 is 39.9 Å². The molecule has 3 nitrogen and oxygen atoms in total. The summed E-state index contributed by atoms with van der Waals surface area (Å²) in [6.45, 7) is 3.32. The first-order valence-corrected chi connectivity index (χ1v) is 10.6. The first-order chi connectivity index (χ1) is 13.6. The average Bonchev–Trinajstić information content (AvgIpc) is 2.71. The second kappa shape index (κ2) is 10.0. The van der Waals surface area contributed by atoms with Gasteiger partial charge in [0.2, 0.25) is 0 Å². The zero-order valence-electron chi connectivity index (χ0n) is 16.0. The molecule has 0 heterocycles. The number of para-hydroxylation sites is 1. The first-order valence-electron chi connectivity index (χ1n) is 9.16. The standard InChI is InChI=1S/C23H23ClINO2/c1-3-18-8-4-5-10-21(18)26-14-17-12-20(25)23(22(13-17)27-2)28-15-16-7-6-9-19(24)11-16/h4-13,26H,3,14-15H2,1-2H3. The Balaban J connectivity index is 1.73. The zero-order valence-corrected chi connectivity index (χ0v) is 18.9. The third kappa shape index (κ3) is 5.32. The van der Waals surface area contributed by atoms with E-state index in [0.29, 0.717) is 11.6 Å². The molecular weight excluding hydrogens is 485 g/mol. The van der Waals surface area contributed by atoms with Crippen LogP contribution in [-0.4, -0.2) is 7.11 Å². The Morgan fingerprint density at radius 3 is 2.57 bits per heavy atom. The van der Waals surface area contributed by atoms with Crippen molar-refractivity contribution in [1.29, 1.82) is 0 Å². The summed E-state index contributed by atoms with van der Waals surface area (Å²) in [5.41, 5.74) is 4.64. The molecule has 0 bridgehead atoms. The fourth-order valence-corrected chi connectivity index (χ4v) is 4.03. The summed E-state index contributed by atoms with van der Waals surface area (Å²) in [5.74, 6) is 1.48. The fourth-order valence-electron chi connectivity index (χ4n) is 3.00. The first kappa shape index (κ1) is 20.8. The van der Waals surface area contributed by atoms with Gasteiger partial charge in [-0.1, -0.05) is 48.9 Å². The Morgan fingerprint density at radius 1 is 1.00 bits per heavy atom. The van der Waals surface area contributed by atoms with Gasteiger partial charge in [0.25, 0.3) is 0 Å². The molecule has 3 aromatic rings. The second-order valence-corrected chi connectivity index (χ2v) is 7.99. The molecule has 0 unspecified atom stereocenters. The number of ether oxygens (including phenoxy) is 2. The van der Waals surface area contributed by atoms with Crippen molar-refractivity contribution in [1.82, 2.24) is 0 Å². The van der Waals surface area contributed by atoms with Crippen molar-refractivity contribution in [2.75, 3.05) is 12.4 Å². The third-order valence-electron chi connectivity index (χ3n) is 4.44. The summed E-state index contributed by atoms with van der Waals surface area (Å²) in [7, 11) is 1.67. The lowest BCUT2D eigenvalue weighted by Crippen LogP contribution is -2.05. The minimum absolute atomic E-state index is 0.439. The van der Waals surface area contributed by atoms with Crippen LogP contribution in [0.25, 0.3) is 0 Å². The Hall–Kier alpha value is -1.92. The molecule has 0 saturated heterocycles. The lowest BCUT2D eigenvalue weighted by atomic mass is 10.1. The Bertz CT molecular complexity index is 946. The van der Waals surface area contributed by atoms with Crippen LogP contribution in [0.15, 0.2) is 60.7 Å². The molecule has 0 spiro atoms. The molecular formula is C23H23ClINO2. The van der Waals surface area contributed by atoms with Crippen LogP contribution in [0.5, 0.6) is 11.5 Å². The van der Waals surface area contributed by atoms with Crippen LogP contribution in [0.2, 0.25) is 5.02 Å². The van der Waals surface area contributed by atoms with Crippen LogP contribution in [0.4, 0.5) is 5.69 Å². The van der Waals surface area contributed by atoms with Gasteiger partial charge in [0.15, 0.2) is 11.5 Å². The molecule has 0 saturated carbocycles. The largest absolute Gasteiger partial charge is 0.493 e. The van der Waals surface area contributed by atoms with E-state index in [0.717, 1.165) is 39.2 Å². The molecule has 0 atom stereocenters. The number of aryl methyl sites for hydroxylation is 1. The SMILES string of the molecule is CCc1ccccc1NCc1cc(I)c(OCc2cccc(Cl)c2)c(OC)c1. The number of rotatable bonds is 8. The monoisotopic (exact) mass is 507 g/mol. The third-order valence-corrected chi connectivity index (χ3v) is 5.48. The molecule has 0 fully saturated rings. The van der Waals surface area contributed by atoms with Crippen LogP contribution in [0.3, 0.4) is 0 Å². The molecule has 0 aliphatic rings. The second-order valence-electron chi connectivity index (χ2n) is 6.39. The van der Waals surface area contributed by atoms with E-state index in [9.17, 15) is 0 Å². The van der Waals surface area contributed by atoms with Crippen molar-refractivity contribution < 1.29 is 9.47 Å². The molecule has 146 valence electrons.